The number of hydrogen-bond donors (Lipinski definition) is 2. The molecule has 0 aliphatic carbocycles. The van der Waals surface area contributed by atoms with Gasteiger partial charge in [-0.3, -0.25) is 38.8 Å². The Labute approximate surface area is 287 Å². The van der Waals surface area contributed by atoms with E-state index in [4.69, 9.17) is 18.9 Å². The van der Waals surface area contributed by atoms with Crippen LogP contribution < -0.4 is 10.6 Å². The van der Waals surface area contributed by atoms with E-state index in [9.17, 15) is 24.0 Å². The number of rotatable bonds is 18. The van der Waals surface area contributed by atoms with Crippen molar-refractivity contribution in [1.82, 2.24) is 30.2 Å². The Morgan fingerprint density at radius 2 is 0.854 bits per heavy atom. The van der Waals surface area contributed by atoms with Gasteiger partial charge in [-0.25, -0.2) is 4.79 Å². The second-order valence-electron chi connectivity index (χ2n) is 12.7. The summed E-state index contributed by atoms with van der Waals surface area (Å²) in [5, 5.41) is 5.77. The number of esters is 3. The van der Waals surface area contributed by atoms with Gasteiger partial charge in [-0.2, -0.15) is 0 Å². The minimum Gasteiger partial charge on any atom is -0.465 e. The summed E-state index contributed by atoms with van der Waals surface area (Å²) >= 11 is 0. The number of alkyl carbamates (subject to hydrolysis) is 1. The molecule has 0 unspecified atom stereocenters. The van der Waals surface area contributed by atoms with Crippen LogP contribution in [0.5, 0.6) is 0 Å². The van der Waals surface area contributed by atoms with E-state index in [1.165, 1.54) is 0 Å². The largest absolute Gasteiger partial charge is 0.465 e. The van der Waals surface area contributed by atoms with Crippen LogP contribution in [0.2, 0.25) is 0 Å². The molecule has 2 N–H and O–H groups in total. The standard InChI is InChI=1S/C33H62N6O9/c1-7-45-29(41)25-37-18-16-36(24-28(40)34-14-12-10-11-13-15-35-32(44)48-33(4,5)6)17-19-38(26-30(42)46-8-2)21-23-39(22-20-37)27-31(43)47-9-3/h7-27H2,1-6H3,(H,34,40)(H,35,44). The van der Waals surface area contributed by atoms with Gasteiger partial charge >= 0.3 is 24.0 Å². The molecule has 1 aliphatic heterocycles. The highest BCUT2D eigenvalue weighted by atomic mass is 16.6. The molecule has 0 atom stereocenters. The molecule has 48 heavy (non-hydrogen) atoms. The zero-order valence-corrected chi connectivity index (χ0v) is 30.3. The molecule has 0 spiro atoms. The van der Waals surface area contributed by atoms with Crippen molar-refractivity contribution >= 4 is 29.9 Å². The van der Waals surface area contributed by atoms with Crippen molar-refractivity contribution in [2.75, 3.05) is 111 Å². The SMILES string of the molecule is CCOC(=O)CN1CCN(CC(=O)NCCCCCCNC(=O)OC(C)(C)C)CCN(CC(=O)OCC)CCN(CC(=O)OCC)CC1. The predicted molar refractivity (Wildman–Crippen MR) is 181 cm³/mol. The first kappa shape index (κ1) is 43.0. The Balaban J connectivity index is 2.77. The highest BCUT2D eigenvalue weighted by Crippen LogP contribution is 2.07. The third-order valence-corrected chi connectivity index (χ3v) is 7.37. The zero-order valence-electron chi connectivity index (χ0n) is 30.3. The van der Waals surface area contributed by atoms with E-state index in [-0.39, 0.29) is 69.8 Å². The summed E-state index contributed by atoms with van der Waals surface area (Å²) in [5.41, 5.74) is -0.523. The van der Waals surface area contributed by atoms with Gasteiger partial charge in [0.2, 0.25) is 5.91 Å². The Morgan fingerprint density at radius 3 is 1.19 bits per heavy atom. The Kier molecular flexibility index (Phi) is 22.4. The number of ether oxygens (including phenoxy) is 4. The van der Waals surface area contributed by atoms with E-state index < -0.39 is 11.7 Å². The van der Waals surface area contributed by atoms with Gasteiger partial charge in [0.1, 0.15) is 5.60 Å². The minimum atomic E-state index is -0.523. The van der Waals surface area contributed by atoms with Crippen molar-refractivity contribution < 1.29 is 42.9 Å². The van der Waals surface area contributed by atoms with Gasteiger partial charge in [0.05, 0.1) is 46.0 Å². The molecule has 15 nitrogen and oxygen atoms in total. The summed E-state index contributed by atoms with van der Waals surface area (Å²) in [6.07, 6.45) is 3.06. The second-order valence-corrected chi connectivity index (χ2v) is 12.7. The maximum absolute atomic E-state index is 13.0. The van der Waals surface area contributed by atoms with Crippen molar-refractivity contribution in [1.29, 1.82) is 0 Å². The number of amides is 2. The Bertz CT molecular complexity index is 926. The number of carbonyl (C=O) groups excluding carboxylic acids is 5. The highest BCUT2D eigenvalue weighted by Gasteiger charge is 2.22. The quantitative estimate of drug-likeness (QED) is 0.120. The van der Waals surface area contributed by atoms with E-state index in [1.807, 2.05) is 40.4 Å². The molecule has 0 aromatic heterocycles. The number of carbonyl (C=O) groups is 5. The molecule has 0 aromatic rings. The maximum atomic E-state index is 13.0. The summed E-state index contributed by atoms with van der Waals surface area (Å²) in [5.74, 6) is -1.08. The molecule has 1 fully saturated rings. The third-order valence-electron chi connectivity index (χ3n) is 7.37. The van der Waals surface area contributed by atoms with Crippen LogP contribution in [-0.4, -0.2) is 167 Å². The Morgan fingerprint density at radius 1 is 0.521 bits per heavy atom. The maximum Gasteiger partial charge on any atom is 0.407 e. The van der Waals surface area contributed by atoms with Crippen LogP contribution in [0.1, 0.15) is 67.2 Å². The lowest BCUT2D eigenvalue weighted by atomic mass is 10.2. The normalized spacial score (nSPS) is 16.2. The minimum absolute atomic E-state index is 0.0943. The van der Waals surface area contributed by atoms with Crippen molar-refractivity contribution in [3.8, 4) is 0 Å². The van der Waals surface area contributed by atoms with Crippen LogP contribution in [0.25, 0.3) is 0 Å². The monoisotopic (exact) mass is 686 g/mol. The summed E-state index contributed by atoms with van der Waals surface area (Å²) in [6, 6.07) is 0. The molecule has 278 valence electrons. The van der Waals surface area contributed by atoms with Crippen LogP contribution >= 0.6 is 0 Å². The predicted octanol–water partition coefficient (Wildman–Crippen LogP) is 1.10. The van der Waals surface area contributed by atoms with Crippen LogP contribution in [0.15, 0.2) is 0 Å². The van der Waals surface area contributed by atoms with Crippen LogP contribution in [0.4, 0.5) is 4.79 Å². The fraction of sp³-hybridized carbons (Fsp3) is 0.848. The van der Waals surface area contributed by atoms with Crippen LogP contribution in [-0.2, 0) is 38.1 Å². The Hall–Kier alpha value is -3.01. The van der Waals surface area contributed by atoms with Crippen LogP contribution in [0.3, 0.4) is 0 Å². The van der Waals surface area contributed by atoms with Crippen molar-refractivity contribution in [3.05, 3.63) is 0 Å². The number of hydrogen-bond acceptors (Lipinski definition) is 13. The number of unbranched alkanes of at least 4 members (excludes halogenated alkanes) is 3. The van der Waals surface area contributed by atoms with Crippen molar-refractivity contribution in [2.45, 2.75) is 72.8 Å². The highest BCUT2D eigenvalue weighted by molar-refractivity contribution is 5.78. The molecular formula is C33H62N6O9. The lowest BCUT2D eigenvalue weighted by Gasteiger charge is -2.33. The lowest BCUT2D eigenvalue weighted by Crippen LogP contribution is -2.50. The van der Waals surface area contributed by atoms with E-state index in [0.29, 0.717) is 65.4 Å². The molecule has 1 heterocycles. The molecule has 1 rings (SSSR count). The molecule has 2 amide bonds. The molecule has 0 saturated carbocycles. The summed E-state index contributed by atoms with van der Waals surface area (Å²) < 4.78 is 20.8. The van der Waals surface area contributed by atoms with E-state index in [1.54, 1.807) is 20.8 Å². The fourth-order valence-corrected chi connectivity index (χ4v) is 4.97. The smallest absolute Gasteiger partial charge is 0.407 e. The summed E-state index contributed by atoms with van der Waals surface area (Å²) in [6.45, 7) is 17.3. The van der Waals surface area contributed by atoms with Crippen LogP contribution in [0, 0.1) is 0 Å². The first-order chi connectivity index (χ1) is 22.8. The fourth-order valence-electron chi connectivity index (χ4n) is 4.97. The number of nitrogens with zero attached hydrogens (tertiary/aromatic N) is 4. The average Bonchev–Trinajstić information content (AvgIpc) is 2.99. The van der Waals surface area contributed by atoms with E-state index in [0.717, 1.165) is 25.7 Å². The molecule has 1 aliphatic rings. The average molecular weight is 687 g/mol. The molecular weight excluding hydrogens is 624 g/mol. The van der Waals surface area contributed by atoms with Gasteiger partial charge in [-0.05, 0) is 54.4 Å². The molecule has 1 saturated heterocycles. The van der Waals surface area contributed by atoms with Gasteiger partial charge in [-0.1, -0.05) is 12.8 Å². The first-order valence-corrected chi connectivity index (χ1v) is 17.4. The summed E-state index contributed by atoms with van der Waals surface area (Å²) in [4.78, 5) is 69.8. The topological polar surface area (TPSA) is 159 Å². The van der Waals surface area contributed by atoms with Crippen molar-refractivity contribution in [2.24, 2.45) is 0 Å². The molecule has 0 aromatic carbocycles. The first-order valence-electron chi connectivity index (χ1n) is 17.4. The lowest BCUT2D eigenvalue weighted by molar-refractivity contribution is -0.146. The van der Waals surface area contributed by atoms with Gasteiger partial charge in [0, 0.05) is 65.4 Å². The second kappa shape index (κ2) is 25.0. The summed E-state index contributed by atoms with van der Waals surface area (Å²) in [7, 11) is 0. The van der Waals surface area contributed by atoms with Crippen molar-refractivity contribution in [3.63, 3.8) is 0 Å². The molecule has 15 heteroatoms. The molecule has 0 bridgehead atoms. The number of nitrogens with one attached hydrogen (secondary N) is 2. The van der Waals surface area contributed by atoms with Gasteiger partial charge < -0.3 is 29.6 Å². The van der Waals surface area contributed by atoms with Gasteiger partial charge in [0.25, 0.3) is 0 Å². The zero-order chi connectivity index (χ0) is 35.8. The van der Waals surface area contributed by atoms with Gasteiger partial charge in [-0.15, -0.1) is 0 Å². The van der Waals surface area contributed by atoms with E-state index >= 15 is 0 Å². The van der Waals surface area contributed by atoms with Gasteiger partial charge in [0.15, 0.2) is 0 Å². The third kappa shape index (κ3) is 22.5. The van der Waals surface area contributed by atoms with E-state index in [2.05, 4.69) is 10.6 Å². The molecule has 0 radical (unpaired) electrons.